The van der Waals surface area contributed by atoms with E-state index >= 15 is 0 Å². The largest absolute Gasteiger partial charge is 0.497 e. The summed E-state index contributed by atoms with van der Waals surface area (Å²) in [5.74, 6) is 0.796. The van der Waals surface area contributed by atoms with Gasteiger partial charge in [-0.2, -0.15) is 5.26 Å². The van der Waals surface area contributed by atoms with Crippen molar-refractivity contribution < 1.29 is 9.66 Å². The maximum Gasteiger partial charge on any atom is 0.270 e. The van der Waals surface area contributed by atoms with Crippen molar-refractivity contribution in [3.63, 3.8) is 0 Å². The van der Waals surface area contributed by atoms with Crippen LogP contribution >= 0.6 is 0 Å². The van der Waals surface area contributed by atoms with E-state index in [1.807, 2.05) is 24.3 Å². The van der Waals surface area contributed by atoms with E-state index in [0.717, 1.165) is 29.8 Å². The minimum absolute atomic E-state index is 0.0597. The second-order valence-electron chi connectivity index (χ2n) is 5.78. The summed E-state index contributed by atoms with van der Waals surface area (Å²) < 4.78 is 5.17. The molecule has 1 fully saturated rings. The van der Waals surface area contributed by atoms with E-state index in [1.54, 1.807) is 13.2 Å². The van der Waals surface area contributed by atoms with Crippen LogP contribution in [0.3, 0.4) is 0 Å². The van der Waals surface area contributed by atoms with Crippen LogP contribution in [0.4, 0.5) is 11.4 Å². The van der Waals surface area contributed by atoms with Crippen molar-refractivity contribution in [2.45, 2.75) is 25.4 Å². The molecule has 0 heterocycles. The van der Waals surface area contributed by atoms with Crippen LogP contribution < -0.4 is 9.64 Å². The molecule has 24 heavy (non-hydrogen) atoms. The lowest BCUT2D eigenvalue weighted by Gasteiger charge is -2.25. The van der Waals surface area contributed by atoms with Gasteiger partial charge in [-0.05, 0) is 36.6 Å². The average molecular weight is 323 g/mol. The third kappa shape index (κ3) is 3.30. The summed E-state index contributed by atoms with van der Waals surface area (Å²) in [4.78, 5) is 12.6. The van der Waals surface area contributed by atoms with Crippen LogP contribution in [0.15, 0.2) is 42.5 Å². The number of non-ortho nitro benzene ring substituents is 1. The van der Waals surface area contributed by atoms with Crippen molar-refractivity contribution in [2.24, 2.45) is 0 Å². The molecule has 1 aliphatic rings. The number of benzene rings is 2. The van der Waals surface area contributed by atoms with Gasteiger partial charge in [-0.1, -0.05) is 12.1 Å². The van der Waals surface area contributed by atoms with E-state index in [4.69, 9.17) is 4.74 Å². The van der Waals surface area contributed by atoms with E-state index in [9.17, 15) is 15.4 Å². The Balaban J connectivity index is 1.91. The molecular formula is C18H17N3O3. The Hall–Kier alpha value is -3.07. The molecule has 0 aliphatic heterocycles. The summed E-state index contributed by atoms with van der Waals surface area (Å²) in [6.45, 7) is 0.654. The monoisotopic (exact) mass is 323 g/mol. The first-order valence-corrected chi connectivity index (χ1v) is 7.70. The molecule has 6 heteroatoms. The number of nitro groups is 1. The first-order valence-electron chi connectivity index (χ1n) is 7.70. The van der Waals surface area contributed by atoms with Gasteiger partial charge in [-0.15, -0.1) is 0 Å². The number of methoxy groups -OCH3 is 1. The number of anilines is 1. The van der Waals surface area contributed by atoms with Gasteiger partial charge in [0.15, 0.2) is 0 Å². The van der Waals surface area contributed by atoms with Crippen molar-refractivity contribution >= 4 is 11.4 Å². The van der Waals surface area contributed by atoms with E-state index in [2.05, 4.69) is 11.0 Å². The van der Waals surface area contributed by atoms with Crippen molar-refractivity contribution in [1.29, 1.82) is 5.26 Å². The minimum atomic E-state index is -0.477. The lowest BCUT2D eigenvalue weighted by molar-refractivity contribution is -0.384. The van der Waals surface area contributed by atoms with Crippen LogP contribution in [0.1, 0.15) is 24.0 Å². The van der Waals surface area contributed by atoms with Crippen molar-refractivity contribution in [3.8, 4) is 11.8 Å². The van der Waals surface area contributed by atoms with Gasteiger partial charge in [0.1, 0.15) is 11.8 Å². The zero-order valence-corrected chi connectivity index (χ0v) is 13.3. The summed E-state index contributed by atoms with van der Waals surface area (Å²) in [5.41, 5.74) is 2.13. The second kappa shape index (κ2) is 6.59. The van der Waals surface area contributed by atoms with Gasteiger partial charge in [0.25, 0.3) is 5.69 Å². The molecule has 2 aromatic rings. The fourth-order valence-electron chi connectivity index (χ4n) is 2.70. The molecule has 0 bridgehead atoms. The molecule has 6 nitrogen and oxygen atoms in total. The Bertz CT molecular complexity index is 792. The molecule has 1 saturated carbocycles. The Morgan fingerprint density at radius 3 is 2.54 bits per heavy atom. The topological polar surface area (TPSA) is 79.4 Å². The molecule has 0 aromatic heterocycles. The Kier molecular flexibility index (Phi) is 4.34. The predicted molar refractivity (Wildman–Crippen MR) is 90.0 cm³/mol. The highest BCUT2D eigenvalue weighted by atomic mass is 16.6. The molecule has 2 aromatic carbocycles. The van der Waals surface area contributed by atoms with Gasteiger partial charge in [-0.25, -0.2) is 0 Å². The third-order valence-corrected chi connectivity index (χ3v) is 4.12. The lowest BCUT2D eigenvalue weighted by atomic mass is 10.1. The molecule has 0 amide bonds. The van der Waals surface area contributed by atoms with E-state index in [-0.39, 0.29) is 5.69 Å². The Morgan fingerprint density at radius 1 is 1.29 bits per heavy atom. The molecule has 3 rings (SSSR count). The fourth-order valence-corrected chi connectivity index (χ4v) is 2.70. The molecular weight excluding hydrogens is 306 g/mol. The predicted octanol–water partition coefficient (Wildman–Crippen LogP) is 3.64. The van der Waals surface area contributed by atoms with Gasteiger partial charge >= 0.3 is 0 Å². The smallest absolute Gasteiger partial charge is 0.270 e. The highest BCUT2D eigenvalue weighted by Crippen LogP contribution is 2.36. The van der Waals surface area contributed by atoms with Crippen LogP contribution in [0.25, 0.3) is 0 Å². The lowest BCUT2D eigenvalue weighted by Crippen LogP contribution is -2.25. The minimum Gasteiger partial charge on any atom is -0.497 e. The summed E-state index contributed by atoms with van der Waals surface area (Å²) in [6.07, 6.45) is 2.13. The number of hydrogen-bond acceptors (Lipinski definition) is 5. The number of nitrogens with zero attached hydrogens (tertiary/aromatic N) is 3. The van der Waals surface area contributed by atoms with Crippen molar-refractivity contribution in [1.82, 2.24) is 0 Å². The van der Waals surface area contributed by atoms with Gasteiger partial charge in [-0.3, -0.25) is 10.1 Å². The maximum absolute atomic E-state index is 10.9. The zero-order valence-electron chi connectivity index (χ0n) is 13.3. The number of rotatable bonds is 6. The standard InChI is InChI=1S/C18H17N3O3/c1-24-17-7-2-13(3-8-17)12-20(15-4-5-15)18-9-6-16(21(22)23)10-14(18)11-19/h2-3,6-10,15H,4-5,12H2,1H3. The van der Waals surface area contributed by atoms with Gasteiger partial charge < -0.3 is 9.64 Å². The van der Waals surface area contributed by atoms with Crippen molar-refractivity contribution in [3.05, 3.63) is 63.7 Å². The molecule has 0 spiro atoms. The number of ether oxygens (including phenoxy) is 1. The zero-order chi connectivity index (χ0) is 17.1. The van der Waals surface area contributed by atoms with Crippen LogP contribution in [0, 0.1) is 21.4 Å². The first kappa shape index (κ1) is 15.8. The van der Waals surface area contributed by atoms with Crippen LogP contribution in [0.2, 0.25) is 0 Å². The Labute approximate surface area is 140 Å². The SMILES string of the molecule is COc1ccc(CN(c2ccc([N+](=O)[O-])cc2C#N)C2CC2)cc1. The quantitative estimate of drug-likeness (QED) is 0.599. The van der Waals surface area contributed by atoms with Crippen molar-refractivity contribution in [2.75, 3.05) is 12.0 Å². The van der Waals surface area contributed by atoms with Gasteiger partial charge in [0.2, 0.25) is 0 Å². The molecule has 0 unspecified atom stereocenters. The van der Waals surface area contributed by atoms with E-state index < -0.39 is 4.92 Å². The fraction of sp³-hybridized carbons (Fsp3) is 0.278. The van der Waals surface area contributed by atoms with Gasteiger partial charge in [0, 0.05) is 24.7 Å². The summed E-state index contributed by atoms with van der Waals surface area (Å²) in [5, 5.41) is 20.3. The molecule has 0 radical (unpaired) electrons. The first-order chi connectivity index (χ1) is 11.6. The molecule has 0 atom stereocenters. The Morgan fingerprint density at radius 2 is 2.00 bits per heavy atom. The highest BCUT2D eigenvalue weighted by Gasteiger charge is 2.31. The maximum atomic E-state index is 10.9. The summed E-state index contributed by atoms with van der Waals surface area (Å²) in [7, 11) is 1.63. The number of nitro benzene ring substituents is 1. The molecule has 0 N–H and O–H groups in total. The van der Waals surface area contributed by atoms with E-state index in [0.29, 0.717) is 18.2 Å². The molecule has 1 aliphatic carbocycles. The number of hydrogen-bond donors (Lipinski definition) is 0. The highest BCUT2D eigenvalue weighted by molar-refractivity contribution is 5.64. The van der Waals surface area contributed by atoms with Gasteiger partial charge in [0.05, 0.1) is 23.3 Å². The van der Waals surface area contributed by atoms with Crippen LogP contribution in [0.5, 0.6) is 5.75 Å². The second-order valence-corrected chi connectivity index (χ2v) is 5.78. The normalized spacial score (nSPS) is 13.2. The average Bonchev–Trinajstić information content (AvgIpc) is 3.44. The number of nitriles is 1. The summed E-state index contributed by atoms with van der Waals surface area (Å²) in [6, 6.07) is 14.7. The summed E-state index contributed by atoms with van der Waals surface area (Å²) >= 11 is 0. The van der Waals surface area contributed by atoms with Crippen LogP contribution in [-0.2, 0) is 6.54 Å². The third-order valence-electron chi connectivity index (χ3n) is 4.12. The van der Waals surface area contributed by atoms with E-state index in [1.165, 1.54) is 12.1 Å². The molecule has 122 valence electrons. The van der Waals surface area contributed by atoms with Crippen LogP contribution in [-0.4, -0.2) is 18.1 Å². The molecule has 0 saturated heterocycles.